The van der Waals surface area contributed by atoms with Gasteiger partial charge in [-0.2, -0.15) is 0 Å². The number of carbonyl (C=O) groups is 1. The smallest absolute Gasteiger partial charge is 0.224 e. The number of carbonyl (C=O) groups excluding carboxylic acids is 1. The third-order valence-electron chi connectivity index (χ3n) is 5.40. The summed E-state index contributed by atoms with van der Waals surface area (Å²) in [4.78, 5) is 14.9. The summed E-state index contributed by atoms with van der Waals surface area (Å²) in [5.41, 5.74) is 0. The van der Waals surface area contributed by atoms with E-state index in [4.69, 9.17) is 0 Å². The highest BCUT2D eigenvalue weighted by Gasteiger charge is 2.36. The van der Waals surface area contributed by atoms with E-state index in [9.17, 15) is 4.79 Å². The lowest BCUT2D eigenvalue weighted by Crippen LogP contribution is -2.51. The maximum Gasteiger partial charge on any atom is 0.224 e. The quantitative estimate of drug-likeness (QED) is 0.831. The molecular weight excluding hydrogens is 236 g/mol. The van der Waals surface area contributed by atoms with Crippen molar-refractivity contribution in [1.82, 2.24) is 10.2 Å². The lowest BCUT2D eigenvalue weighted by molar-refractivity contribution is -0.138. The molecule has 3 rings (SSSR count). The van der Waals surface area contributed by atoms with Crippen molar-refractivity contribution in [2.75, 3.05) is 13.1 Å². The van der Waals surface area contributed by atoms with Crippen LogP contribution in [0.5, 0.6) is 0 Å². The van der Waals surface area contributed by atoms with E-state index in [0.29, 0.717) is 18.0 Å². The molecule has 1 aliphatic carbocycles. The van der Waals surface area contributed by atoms with Gasteiger partial charge in [0.25, 0.3) is 0 Å². The number of fused-ring (bicyclic) bond motifs is 1. The summed E-state index contributed by atoms with van der Waals surface area (Å²) in [6.45, 7) is 2.12. The molecule has 2 heterocycles. The number of likely N-dealkylation sites (tertiary alicyclic amines) is 1. The molecule has 2 saturated heterocycles. The molecular formula is C16H28N2O. The van der Waals surface area contributed by atoms with E-state index >= 15 is 0 Å². The molecule has 108 valence electrons. The highest BCUT2D eigenvalue weighted by Crippen LogP contribution is 2.35. The lowest BCUT2D eigenvalue weighted by atomic mass is 9.78. The number of nitrogens with one attached hydrogen (secondary N) is 1. The van der Waals surface area contributed by atoms with Crippen LogP contribution in [0.15, 0.2) is 0 Å². The summed E-state index contributed by atoms with van der Waals surface area (Å²) >= 11 is 0. The van der Waals surface area contributed by atoms with Crippen LogP contribution in [0, 0.1) is 5.92 Å². The van der Waals surface area contributed by atoms with Crippen LogP contribution in [0.2, 0.25) is 0 Å². The summed E-state index contributed by atoms with van der Waals surface area (Å²) in [6.07, 6.45) is 12.4. The molecule has 0 radical (unpaired) electrons. The Morgan fingerprint density at radius 3 is 2.63 bits per heavy atom. The zero-order valence-electron chi connectivity index (χ0n) is 12.1. The first kappa shape index (κ1) is 13.4. The van der Waals surface area contributed by atoms with Crippen LogP contribution < -0.4 is 5.32 Å². The highest BCUT2D eigenvalue weighted by atomic mass is 16.2. The van der Waals surface area contributed by atoms with E-state index in [1.54, 1.807) is 0 Å². The summed E-state index contributed by atoms with van der Waals surface area (Å²) in [7, 11) is 0. The van der Waals surface area contributed by atoms with E-state index in [1.807, 2.05) is 0 Å². The zero-order chi connectivity index (χ0) is 13.1. The first-order valence-electron chi connectivity index (χ1n) is 8.37. The van der Waals surface area contributed by atoms with Crippen molar-refractivity contribution in [3.05, 3.63) is 0 Å². The van der Waals surface area contributed by atoms with E-state index in [2.05, 4.69) is 10.2 Å². The number of amides is 1. The molecule has 0 spiro atoms. The van der Waals surface area contributed by atoms with Gasteiger partial charge in [-0.1, -0.05) is 19.3 Å². The fourth-order valence-electron chi connectivity index (χ4n) is 4.36. The van der Waals surface area contributed by atoms with Gasteiger partial charge in [-0.15, -0.1) is 0 Å². The number of rotatable bonds is 2. The summed E-state index contributed by atoms with van der Waals surface area (Å²) in [6, 6.07) is 1.03. The number of piperidine rings is 2. The van der Waals surface area contributed by atoms with Gasteiger partial charge in [0.2, 0.25) is 5.91 Å². The molecule has 2 aliphatic heterocycles. The van der Waals surface area contributed by atoms with Gasteiger partial charge in [0.15, 0.2) is 0 Å². The Balaban J connectivity index is 1.58. The Morgan fingerprint density at radius 1 is 1.00 bits per heavy atom. The van der Waals surface area contributed by atoms with Crippen molar-refractivity contribution >= 4 is 5.91 Å². The molecule has 1 amide bonds. The van der Waals surface area contributed by atoms with Crippen molar-refractivity contribution in [2.45, 2.75) is 76.3 Å². The number of hydrogen-bond donors (Lipinski definition) is 1. The minimum absolute atomic E-state index is 0.427. The first-order valence-corrected chi connectivity index (χ1v) is 8.37. The molecule has 0 bridgehead atoms. The summed E-state index contributed by atoms with van der Waals surface area (Å²) in [5, 5.41) is 3.51. The van der Waals surface area contributed by atoms with Gasteiger partial charge in [0.1, 0.15) is 0 Å². The van der Waals surface area contributed by atoms with Crippen molar-refractivity contribution in [3.8, 4) is 0 Å². The fourth-order valence-corrected chi connectivity index (χ4v) is 4.36. The van der Waals surface area contributed by atoms with Crippen LogP contribution in [0.4, 0.5) is 0 Å². The predicted octanol–water partition coefficient (Wildman–Crippen LogP) is 2.70. The Morgan fingerprint density at radius 2 is 1.79 bits per heavy atom. The monoisotopic (exact) mass is 264 g/mol. The predicted molar refractivity (Wildman–Crippen MR) is 77.0 cm³/mol. The van der Waals surface area contributed by atoms with Crippen LogP contribution in [0.25, 0.3) is 0 Å². The third kappa shape index (κ3) is 3.13. The van der Waals surface area contributed by atoms with E-state index < -0.39 is 0 Å². The Bertz CT molecular complexity index is 310. The van der Waals surface area contributed by atoms with Gasteiger partial charge in [-0.25, -0.2) is 0 Å². The van der Waals surface area contributed by atoms with E-state index in [1.165, 1.54) is 57.8 Å². The van der Waals surface area contributed by atoms with Crippen LogP contribution in [0.1, 0.15) is 64.2 Å². The molecule has 1 N–H and O–H groups in total. The number of hydrogen-bond acceptors (Lipinski definition) is 2. The average Bonchev–Trinajstić information content (AvgIpc) is 2.47. The Kier molecular flexibility index (Phi) is 4.42. The van der Waals surface area contributed by atoms with Crippen LogP contribution in [-0.4, -0.2) is 36.0 Å². The van der Waals surface area contributed by atoms with Crippen molar-refractivity contribution in [1.29, 1.82) is 0 Å². The van der Waals surface area contributed by atoms with Crippen LogP contribution >= 0.6 is 0 Å². The Labute approximate surface area is 117 Å². The SMILES string of the molecule is O=C(CC1CCCCN1)N1CCC[C@H]2CCCC[C@H]21. The molecule has 0 aromatic rings. The number of nitrogens with zero attached hydrogens (tertiary/aromatic N) is 1. The van der Waals surface area contributed by atoms with Crippen molar-refractivity contribution < 1.29 is 4.79 Å². The lowest BCUT2D eigenvalue weighted by Gasteiger charge is -2.44. The summed E-state index contributed by atoms with van der Waals surface area (Å²) < 4.78 is 0. The largest absolute Gasteiger partial charge is 0.339 e. The second-order valence-electron chi connectivity index (χ2n) is 6.69. The van der Waals surface area contributed by atoms with Gasteiger partial charge in [-0.3, -0.25) is 4.79 Å². The van der Waals surface area contributed by atoms with E-state index in [-0.39, 0.29) is 0 Å². The molecule has 1 saturated carbocycles. The van der Waals surface area contributed by atoms with Gasteiger partial charge in [-0.05, 0) is 51.0 Å². The first-order chi connectivity index (χ1) is 9.34. The van der Waals surface area contributed by atoms with Crippen molar-refractivity contribution in [2.24, 2.45) is 5.92 Å². The Hall–Kier alpha value is -0.570. The maximum atomic E-state index is 12.6. The topological polar surface area (TPSA) is 32.3 Å². The fraction of sp³-hybridized carbons (Fsp3) is 0.938. The molecule has 0 aromatic heterocycles. The second-order valence-corrected chi connectivity index (χ2v) is 6.69. The second kappa shape index (κ2) is 6.25. The standard InChI is InChI=1S/C16H28N2O/c19-16(12-14-8-3-4-10-17-14)18-11-5-7-13-6-1-2-9-15(13)18/h13-15,17H,1-12H2/t13-,14?,15-/m1/s1. The van der Waals surface area contributed by atoms with Crippen LogP contribution in [0.3, 0.4) is 0 Å². The minimum Gasteiger partial charge on any atom is -0.339 e. The zero-order valence-corrected chi connectivity index (χ0v) is 12.1. The molecule has 0 aromatic carbocycles. The maximum absolute atomic E-state index is 12.6. The molecule has 3 fully saturated rings. The molecule has 3 aliphatic rings. The summed E-state index contributed by atoms with van der Waals surface area (Å²) in [5.74, 6) is 1.24. The minimum atomic E-state index is 0.427. The van der Waals surface area contributed by atoms with Crippen LogP contribution in [-0.2, 0) is 4.79 Å². The van der Waals surface area contributed by atoms with Crippen molar-refractivity contribution in [3.63, 3.8) is 0 Å². The molecule has 3 heteroatoms. The molecule has 19 heavy (non-hydrogen) atoms. The molecule has 1 unspecified atom stereocenters. The van der Waals surface area contributed by atoms with E-state index in [0.717, 1.165) is 25.4 Å². The third-order valence-corrected chi connectivity index (χ3v) is 5.40. The average molecular weight is 264 g/mol. The van der Waals surface area contributed by atoms with Gasteiger partial charge < -0.3 is 10.2 Å². The normalized spacial score (nSPS) is 35.8. The molecule has 3 nitrogen and oxygen atoms in total. The highest BCUT2D eigenvalue weighted by molar-refractivity contribution is 5.77. The van der Waals surface area contributed by atoms with Gasteiger partial charge in [0, 0.05) is 25.0 Å². The molecule has 3 atom stereocenters. The van der Waals surface area contributed by atoms with Gasteiger partial charge in [0.05, 0.1) is 0 Å². The van der Waals surface area contributed by atoms with Gasteiger partial charge >= 0.3 is 0 Å².